The zero-order chi connectivity index (χ0) is 12.7. The molecule has 0 aromatic carbocycles. The van der Waals surface area contributed by atoms with Crippen LogP contribution in [-0.4, -0.2) is 32.4 Å². The Hall–Kier alpha value is -1.66. The molecule has 3 rings (SSSR count). The van der Waals surface area contributed by atoms with Crippen LogP contribution in [0.3, 0.4) is 0 Å². The molecule has 0 saturated carbocycles. The van der Waals surface area contributed by atoms with Gasteiger partial charge >= 0.3 is 0 Å². The van der Waals surface area contributed by atoms with Crippen molar-refractivity contribution in [3.05, 3.63) is 18.6 Å². The Kier molecular flexibility index (Phi) is 2.68. The summed E-state index contributed by atoms with van der Waals surface area (Å²) in [7, 11) is 0. The molecule has 1 aliphatic rings. The van der Waals surface area contributed by atoms with Gasteiger partial charge in [-0.25, -0.2) is 9.97 Å². The maximum absolute atomic E-state index is 9.18. The molecule has 0 bridgehead atoms. The number of rotatable bonds is 2. The normalized spacial score (nSPS) is 28.0. The van der Waals surface area contributed by atoms with Crippen molar-refractivity contribution in [2.45, 2.75) is 25.7 Å². The average Bonchev–Trinajstić information content (AvgIpc) is 2.93. The summed E-state index contributed by atoms with van der Waals surface area (Å²) in [4.78, 5) is 8.23. The maximum atomic E-state index is 9.18. The van der Waals surface area contributed by atoms with Crippen LogP contribution in [-0.2, 0) is 4.74 Å². The quantitative estimate of drug-likeness (QED) is 0.825. The van der Waals surface area contributed by atoms with Crippen molar-refractivity contribution in [3.63, 3.8) is 0 Å². The van der Waals surface area contributed by atoms with E-state index < -0.39 is 0 Å². The van der Waals surface area contributed by atoms with Gasteiger partial charge in [-0.1, -0.05) is 6.92 Å². The van der Waals surface area contributed by atoms with E-state index in [0.29, 0.717) is 11.7 Å². The van der Waals surface area contributed by atoms with E-state index in [2.05, 4.69) is 16.9 Å². The first-order valence-corrected chi connectivity index (χ1v) is 6.04. The van der Waals surface area contributed by atoms with Gasteiger partial charge in [-0.05, 0) is 12.5 Å². The molecule has 1 fully saturated rings. The van der Waals surface area contributed by atoms with Gasteiger partial charge in [0.05, 0.1) is 18.1 Å². The number of hydrogen-bond donors (Lipinski definition) is 2. The lowest BCUT2D eigenvalue weighted by Gasteiger charge is -2.18. The summed E-state index contributed by atoms with van der Waals surface area (Å²) >= 11 is 0. The Labute approximate surface area is 104 Å². The minimum Gasteiger partial charge on any atom is -0.394 e. The van der Waals surface area contributed by atoms with E-state index in [1.807, 2.05) is 16.8 Å². The van der Waals surface area contributed by atoms with Crippen molar-refractivity contribution in [2.75, 3.05) is 12.3 Å². The van der Waals surface area contributed by atoms with Crippen molar-refractivity contribution in [1.29, 1.82) is 0 Å². The number of aliphatic hydroxyl groups is 1. The zero-order valence-corrected chi connectivity index (χ0v) is 10.2. The molecule has 96 valence electrons. The van der Waals surface area contributed by atoms with Gasteiger partial charge in [0.25, 0.3) is 0 Å². The van der Waals surface area contributed by atoms with E-state index >= 15 is 0 Å². The summed E-state index contributed by atoms with van der Waals surface area (Å²) in [5.74, 6) is 0.803. The van der Waals surface area contributed by atoms with E-state index in [-0.39, 0.29) is 18.9 Å². The van der Waals surface area contributed by atoms with Crippen LogP contribution in [0.25, 0.3) is 11.0 Å². The first kappa shape index (κ1) is 11.4. The minimum absolute atomic E-state index is 0.0527. The average molecular weight is 248 g/mol. The Morgan fingerprint density at radius 1 is 1.56 bits per heavy atom. The second-order valence-corrected chi connectivity index (χ2v) is 4.76. The first-order valence-electron chi connectivity index (χ1n) is 6.04. The summed E-state index contributed by atoms with van der Waals surface area (Å²) in [6, 6.07) is 1.90. The van der Waals surface area contributed by atoms with Gasteiger partial charge in [-0.2, -0.15) is 0 Å². The lowest BCUT2D eigenvalue weighted by molar-refractivity contribution is -0.0291. The van der Waals surface area contributed by atoms with Gasteiger partial charge in [0.1, 0.15) is 24.0 Å². The molecule has 2 aromatic rings. The highest BCUT2D eigenvalue weighted by Gasteiger charge is 2.33. The molecule has 0 radical (unpaired) electrons. The zero-order valence-electron chi connectivity index (χ0n) is 10.2. The van der Waals surface area contributed by atoms with E-state index in [4.69, 9.17) is 10.5 Å². The smallest absolute Gasteiger partial charge is 0.147 e. The fourth-order valence-corrected chi connectivity index (χ4v) is 2.57. The van der Waals surface area contributed by atoms with Crippen LogP contribution in [0.2, 0.25) is 0 Å². The molecule has 3 N–H and O–H groups in total. The number of nitrogens with zero attached hydrogens (tertiary/aromatic N) is 3. The van der Waals surface area contributed by atoms with Crippen LogP contribution in [0.1, 0.15) is 19.6 Å². The summed E-state index contributed by atoms with van der Waals surface area (Å²) in [5, 5.41) is 10.0. The molecular weight excluding hydrogens is 232 g/mol. The van der Waals surface area contributed by atoms with Gasteiger partial charge in [0.15, 0.2) is 0 Å². The lowest BCUT2D eigenvalue weighted by Crippen LogP contribution is -2.15. The largest absolute Gasteiger partial charge is 0.394 e. The van der Waals surface area contributed by atoms with Gasteiger partial charge in [0, 0.05) is 12.1 Å². The number of anilines is 1. The minimum atomic E-state index is -0.103. The Balaban J connectivity index is 2.02. The van der Waals surface area contributed by atoms with Gasteiger partial charge in [-0.3, -0.25) is 0 Å². The highest BCUT2D eigenvalue weighted by atomic mass is 16.5. The molecule has 3 atom stereocenters. The molecule has 0 spiro atoms. The molecule has 18 heavy (non-hydrogen) atoms. The van der Waals surface area contributed by atoms with Crippen LogP contribution in [0.15, 0.2) is 18.6 Å². The third kappa shape index (κ3) is 1.65. The molecule has 1 saturated heterocycles. The van der Waals surface area contributed by atoms with Gasteiger partial charge in [-0.15, -0.1) is 0 Å². The summed E-state index contributed by atoms with van der Waals surface area (Å²) in [6.45, 7) is 2.16. The maximum Gasteiger partial charge on any atom is 0.147 e. The number of aromatic nitrogens is 3. The van der Waals surface area contributed by atoms with E-state index in [1.165, 1.54) is 6.33 Å². The van der Waals surface area contributed by atoms with Crippen LogP contribution < -0.4 is 5.73 Å². The van der Waals surface area contributed by atoms with Gasteiger partial charge < -0.3 is 20.1 Å². The summed E-state index contributed by atoms with van der Waals surface area (Å²) in [6.07, 6.45) is 4.02. The Bertz CT molecular complexity index is 568. The molecule has 2 aromatic heterocycles. The van der Waals surface area contributed by atoms with E-state index in [1.54, 1.807) is 0 Å². The predicted octanol–water partition coefficient (Wildman–Crippen LogP) is 0.929. The second kappa shape index (κ2) is 4.22. The van der Waals surface area contributed by atoms with Crippen LogP contribution in [0.4, 0.5) is 5.82 Å². The molecule has 0 amide bonds. The van der Waals surface area contributed by atoms with Crippen LogP contribution in [0.5, 0.6) is 0 Å². The van der Waals surface area contributed by atoms with Crippen molar-refractivity contribution >= 4 is 16.9 Å². The third-order valence-corrected chi connectivity index (χ3v) is 3.47. The molecule has 1 aliphatic heterocycles. The SMILES string of the molecule is C[C@H]1C[C@@H](CO)O[C@H]1n1ccc2c(N)ncnc21. The fourth-order valence-electron chi connectivity index (χ4n) is 2.57. The molecule has 0 unspecified atom stereocenters. The molecule has 6 nitrogen and oxygen atoms in total. The molecule has 6 heteroatoms. The van der Waals surface area contributed by atoms with E-state index in [9.17, 15) is 5.11 Å². The van der Waals surface area contributed by atoms with Gasteiger partial charge in [0.2, 0.25) is 0 Å². The number of fused-ring (bicyclic) bond motifs is 1. The lowest BCUT2D eigenvalue weighted by atomic mass is 10.1. The number of ether oxygens (including phenoxy) is 1. The Morgan fingerprint density at radius 2 is 2.39 bits per heavy atom. The molecule has 0 aliphatic carbocycles. The fraction of sp³-hybridized carbons (Fsp3) is 0.500. The topological polar surface area (TPSA) is 86.2 Å². The number of nitrogens with two attached hydrogens (primary N) is 1. The van der Waals surface area contributed by atoms with Crippen molar-refractivity contribution in [1.82, 2.24) is 14.5 Å². The predicted molar refractivity (Wildman–Crippen MR) is 66.7 cm³/mol. The number of hydrogen-bond acceptors (Lipinski definition) is 5. The number of nitrogen functional groups attached to an aromatic ring is 1. The monoisotopic (exact) mass is 248 g/mol. The van der Waals surface area contributed by atoms with Crippen molar-refractivity contribution in [2.24, 2.45) is 5.92 Å². The highest BCUT2D eigenvalue weighted by Crippen LogP contribution is 2.36. The van der Waals surface area contributed by atoms with Crippen molar-refractivity contribution in [3.8, 4) is 0 Å². The number of aliphatic hydroxyl groups excluding tert-OH is 1. The first-order chi connectivity index (χ1) is 8.70. The molecular formula is C12H16N4O2. The third-order valence-electron chi connectivity index (χ3n) is 3.47. The van der Waals surface area contributed by atoms with Crippen molar-refractivity contribution < 1.29 is 9.84 Å². The van der Waals surface area contributed by atoms with Crippen LogP contribution in [0, 0.1) is 5.92 Å². The second-order valence-electron chi connectivity index (χ2n) is 4.76. The standard InChI is InChI=1S/C12H16N4O2/c1-7-4-8(5-17)18-12(7)16-3-2-9-10(13)14-6-15-11(9)16/h2-3,6-8,12,17H,4-5H2,1H3,(H2,13,14,15)/t7-,8-,12+/m0/s1. The van der Waals surface area contributed by atoms with Crippen LogP contribution >= 0.6 is 0 Å². The Morgan fingerprint density at radius 3 is 3.11 bits per heavy atom. The highest BCUT2D eigenvalue weighted by molar-refractivity contribution is 5.86. The van der Waals surface area contributed by atoms with E-state index in [0.717, 1.165) is 17.5 Å². The summed E-state index contributed by atoms with van der Waals surface area (Å²) in [5.41, 5.74) is 6.59. The summed E-state index contributed by atoms with van der Waals surface area (Å²) < 4.78 is 7.79. The molecule has 3 heterocycles.